The number of hydrogen-bond donors (Lipinski definition) is 7. The topological polar surface area (TPSA) is 636 Å². The summed E-state index contributed by atoms with van der Waals surface area (Å²) in [5, 5.41) is 39.1. The molecule has 2 rings (SSSR count). The molecular weight excluding hydrogens is 1760 g/mol. The van der Waals surface area contributed by atoms with E-state index in [9.17, 15) is 102 Å². The molecule has 48 nitrogen and oxygen atoms in total. The Bertz CT molecular complexity index is 3870. The smallest absolute Gasteiger partial charge is 0.303 e. The Kier molecular flexibility index (Phi) is 50.9. The molecule has 4 amide bonds. The predicted molar refractivity (Wildman–Crippen MR) is 446 cm³/mol. The molecule has 0 bridgehead atoms. The van der Waals surface area contributed by atoms with E-state index in [0.29, 0.717) is 51.3 Å². The number of nitrogens with one attached hydrogen (secondary N) is 4. The molecule has 1 aliphatic heterocycles. The van der Waals surface area contributed by atoms with E-state index in [1.165, 1.54) is 18.2 Å². The lowest BCUT2D eigenvalue weighted by atomic mass is 9.86. The van der Waals surface area contributed by atoms with Gasteiger partial charge in [-0.2, -0.15) is 0 Å². The second-order valence-electron chi connectivity index (χ2n) is 31.2. The van der Waals surface area contributed by atoms with Crippen molar-refractivity contribution in [3.8, 4) is 0 Å². The van der Waals surface area contributed by atoms with Gasteiger partial charge in [0.15, 0.2) is 54.9 Å². The van der Waals surface area contributed by atoms with E-state index < -0.39 is 256 Å². The zero-order chi connectivity index (χ0) is 100. The maximum Gasteiger partial charge on any atom is 0.303 e. The van der Waals surface area contributed by atoms with Crippen LogP contribution in [0.2, 0.25) is 0 Å². The van der Waals surface area contributed by atoms with Gasteiger partial charge < -0.3 is 108 Å². The lowest BCUT2D eigenvalue weighted by Crippen LogP contribution is -2.63. The summed E-state index contributed by atoms with van der Waals surface area (Å²) in [6.45, 7) is 12.4. The Morgan fingerprint density at radius 2 is 0.561 bits per heavy atom. The van der Waals surface area contributed by atoms with Crippen molar-refractivity contribution in [3.63, 3.8) is 0 Å². The van der Waals surface area contributed by atoms with Crippen LogP contribution in [0.3, 0.4) is 0 Å². The molecule has 1 aromatic rings. The van der Waals surface area contributed by atoms with Gasteiger partial charge in [-0.15, -0.1) is 0 Å². The first-order valence-corrected chi connectivity index (χ1v) is 41.9. The summed E-state index contributed by atoms with van der Waals surface area (Å²) >= 11 is 0. The van der Waals surface area contributed by atoms with Gasteiger partial charge in [-0.3, -0.25) is 125 Å². The fraction of sp³-hybridized carbons (Fsp3) is 0.667. The second kappa shape index (κ2) is 58.2. The number of ether oxygens (including phenoxy) is 15. The maximum atomic E-state index is 15.6. The van der Waals surface area contributed by atoms with Crippen molar-refractivity contribution in [2.75, 3.05) is 98.4 Å². The number of carboxylic acids is 3. The molecule has 1 aliphatic rings. The zero-order valence-corrected chi connectivity index (χ0v) is 77.3. The second-order valence-corrected chi connectivity index (χ2v) is 31.2. The molecule has 1 saturated heterocycles. The van der Waals surface area contributed by atoms with Gasteiger partial charge in [0.25, 0.3) is 23.6 Å². The van der Waals surface area contributed by atoms with Crippen molar-refractivity contribution in [3.05, 3.63) is 35.4 Å². The molecule has 1 heterocycles. The largest absolute Gasteiger partial charge is 0.481 e. The molecule has 15 atom stereocenters. The SMILES string of the molecule is CC(=O)OCC(OC(C)=O)C(OC(C)=O)C(OC(C)=O)C(OC(C)=O)C(=O)NCC(CNC(=O)c1cccc(CN2CCN(C(C)CCC(=O)O)CCN(C(C)CCC(=O)O)CCN(C(C)CCC(=O)O)CC2)c1)(CNC(=O)C(OC(C)=O)C(OC(C)=O)C(OC(C)=O)C(COC(C)=O)OC(C)=O)CNC(=O)C(OC(C)=O)C(OC(C)=O)C(OC(C)=O)C(COC(C)=O)OC(C)=O. The number of carbonyl (C=O) groups excluding carboxylic acids is 19. The number of esters is 15. The highest BCUT2D eigenvalue weighted by Crippen LogP contribution is 2.28. The molecule has 0 radical (unpaired) electrons. The molecule has 1 aromatic carbocycles. The summed E-state index contributed by atoms with van der Waals surface area (Å²) in [5.41, 5.74) is -2.33. The number of benzene rings is 1. The molecule has 0 aromatic heterocycles. The van der Waals surface area contributed by atoms with Crippen LogP contribution >= 0.6 is 0 Å². The van der Waals surface area contributed by atoms with Gasteiger partial charge in [-0.1, -0.05) is 12.1 Å². The first-order chi connectivity index (χ1) is 61.6. The molecule has 7 N–H and O–H groups in total. The third-order valence-electron chi connectivity index (χ3n) is 19.8. The minimum absolute atomic E-state index is 0.0484. The summed E-state index contributed by atoms with van der Waals surface area (Å²) in [7, 11) is 0. The molecule has 132 heavy (non-hydrogen) atoms. The molecule has 48 heteroatoms. The van der Waals surface area contributed by atoms with Gasteiger partial charge in [-0.25, -0.2) is 0 Å². The number of carboxylic acid groups (broad SMARTS) is 3. The van der Waals surface area contributed by atoms with Gasteiger partial charge in [0.2, 0.25) is 18.3 Å². The summed E-state index contributed by atoms with van der Waals surface area (Å²) in [5.74, 6) is -27.9. The van der Waals surface area contributed by atoms with Gasteiger partial charge in [0.05, 0.1) is 0 Å². The van der Waals surface area contributed by atoms with Crippen LogP contribution in [0.1, 0.15) is 179 Å². The lowest BCUT2D eigenvalue weighted by molar-refractivity contribution is -0.203. The zero-order valence-electron chi connectivity index (χ0n) is 77.3. The van der Waals surface area contributed by atoms with Crippen molar-refractivity contribution < 1.29 is 192 Å². The fourth-order valence-corrected chi connectivity index (χ4v) is 13.8. The van der Waals surface area contributed by atoms with E-state index in [-0.39, 0.29) is 75.4 Å². The number of nitrogens with zero attached hydrogens (tertiary/aromatic N) is 4. The van der Waals surface area contributed by atoms with Crippen LogP contribution in [-0.4, -0.2) is 356 Å². The highest BCUT2D eigenvalue weighted by Gasteiger charge is 2.52. The predicted octanol–water partition coefficient (Wildman–Crippen LogP) is -0.897. The first-order valence-electron chi connectivity index (χ1n) is 41.9. The van der Waals surface area contributed by atoms with Crippen LogP contribution in [0.25, 0.3) is 0 Å². The van der Waals surface area contributed by atoms with Gasteiger partial charge in [0, 0.05) is 237 Å². The Morgan fingerprint density at radius 1 is 0.318 bits per heavy atom. The Labute approximate surface area is 761 Å². The quantitative estimate of drug-likeness (QED) is 0.0307. The average Bonchev–Trinajstić information content (AvgIpc) is 0.801. The van der Waals surface area contributed by atoms with Crippen LogP contribution in [0.15, 0.2) is 24.3 Å². The minimum Gasteiger partial charge on any atom is -0.481 e. The van der Waals surface area contributed by atoms with E-state index in [0.717, 1.165) is 104 Å². The van der Waals surface area contributed by atoms with Crippen LogP contribution < -0.4 is 21.3 Å². The summed E-state index contributed by atoms with van der Waals surface area (Å²) in [6, 6.07) is 5.00. The number of rotatable bonds is 53. The molecule has 0 spiro atoms. The Morgan fingerprint density at radius 3 is 0.803 bits per heavy atom. The first kappa shape index (κ1) is 115. The third kappa shape index (κ3) is 45.3. The van der Waals surface area contributed by atoms with Crippen molar-refractivity contribution in [1.29, 1.82) is 0 Å². The number of aliphatic carboxylic acids is 3. The molecule has 15 unspecified atom stereocenters. The normalized spacial score (nSPS) is 16.7. The lowest BCUT2D eigenvalue weighted by Gasteiger charge is -2.39. The van der Waals surface area contributed by atoms with E-state index >= 15 is 19.2 Å². The van der Waals surface area contributed by atoms with E-state index in [1.54, 1.807) is 6.07 Å². The van der Waals surface area contributed by atoms with Crippen LogP contribution in [0.4, 0.5) is 0 Å². The third-order valence-corrected chi connectivity index (χ3v) is 19.8. The van der Waals surface area contributed by atoms with Crippen molar-refractivity contribution in [2.45, 2.75) is 261 Å². The van der Waals surface area contributed by atoms with Crippen LogP contribution in [-0.2, 0) is 178 Å². The van der Waals surface area contributed by atoms with Crippen molar-refractivity contribution >= 4 is 131 Å². The molecule has 740 valence electrons. The van der Waals surface area contributed by atoms with Gasteiger partial charge >= 0.3 is 107 Å². The minimum atomic E-state index is -2.68. The highest BCUT2D eigenvalue weighted by molar-refractivity contribution is 5.94. The molecule has 1 fully saturated rings. The van der Waals surface area contributed by atoms with E-state index in [4.69, 9.17) is 71.1 Å². The van der Waals surface area contributed by atoms with E-state index in [2.05, 4.69) is 36.0 Å². The molecule has 0 aliphatic carbocycles. The number of amides is 4. The fourth-order valence-electron chi connectivity index (χ4n) is 13.8. The summed E-state index contributed by atoms with van der Waals surface area (Å²) in [4.78, 5) is 302. The Balaban J connectivity index is 3.55. The summed E-state index contributed by atoms with van der Waals surface area (Å²) in [6.07, 6.45) is -28.4. The van der Waals surface area contributed by atoms with Gasteiger partial charge in [0.1, 0.15) is 19.8 Å². The van der Waals surface area contributed by atoms with E-state index in [1.807, 2.05) is 25.7 Å². The monoisotopic (exact) mass is 1880 g/mol. The highest BCUT2D eigenvalue weighted by atomic mass is 16.7. The Hall–Kier alpha value is -12.6. The van der Waals surface area contributed by atoms with Crippen LogP contribution in [0.5, 0.6) is 0 Å². The maximum absolute atomic E-state index is 15.6. The standard InChI is InChI=1S/C84H124N8O40/c1-45(22-25-68(108)109)90-30-28-89(29-31-91(46(2)23-26-69(110)111)33-35-92(34-32-90)47(3)24-27-70(112)113)37-63-20-19-21-64(36-63)80(114)85-41-84(42-86-81(115)77(130-60(16)105)74(127-57(13)102)71(124-54(10)99)65(121-51(7)96)38-118-48(4)93,43-87-82(116)78(131-61(17)106)75(128-58(14)103)72(125-55(11)100)66(122-52(8)97)39-119-49(5)94)44-88-83(117)79(132-62(18)107)76(129-59(15)104)73(126-56(12)101)67(123-53(9)98)40-120-50(6)95/h19-21,36,45-47,65-67,71-79H,22-35,37-44H2,1-18H3,(H,85,114)(H,86,115)(H,87,116)(H,88,117)(H,108,109)(H,110,111)(H,112,113). The van der Waals surface area contributed by atoms with Crippen molar-refractivity contribution in [2.24, 2.45) is 5.41 Å². The van der Waals surface area contributed by atoms with Crippen LogP contribution in [0, 0.1) is 5.41 Å². The molecular formula is C84H124N8O40. The molecule has 0 saturated carbocycles. The number of hydrogen-bond acceptors (Lipinski definition) is 41. The average molecular weight is 1890 g/mol. The summed E-state index contributed by atoms with van der Waals surface area (Å²) < 4.78 is 81.1. The van der Waals surface area contributed by atoms with Gasteiger partial charge in [-0.05, 0) is 57.7 Å². The van der Waals surface area contributed by atoms with Crippen molar-refractivity contribution in [1.82, 2.24) is 40.9 Å². The number of carbonyl (C=O) groups is 22.